The van der Waals surface area contributed by atoms with Gasteiger partial charge in [0.05, 0.1) is 11.5 Å². The van der Waals surface area contributed by atoms with Crippen LogP contribution < -0.4 is 5.73 Å². The average molecular weight is 427 g/mol. The van der Waals surface area contributed by atoms with Crippen molar-refractivity contribution < 1.29 is 14.1 Å². The lowest BCUT2D eigenvalue weighted by Crippen LogP contribution is -2.59. The molecule has 7 nitrogen and oxygen atoms in total. The Kier molecular flexibility index (Phi) is 6.60. The van der Waals surface area contributed by atoms with Crippen LogP contribution >= 0.6 is 24.0 Å². The lowest BCUT2D eigenvalue weighted by Gasteiger charge is -2.39. The van der Waals surface area contributed by atoms with Gasteiger partial charge < -0.3 is 19.9 Å². The SMILES string of the molecule is Cl.NC1(C(=O)N2CCCC(c3nc(-c4ccc(Cl)cc4)no3)C2)CCOCC1. The van der Waals surface area contributed by atoms with E-state index in [0.29, 0.717) is 55.9 Å². The van der Waals surface area contributed by atoms with E-state index in [1.807, 2.05) is 17.0 Å². The molecular weight excluding hydrogens is 403 g/mol. The van der Waals surface area contributed by atoms with Crippen LogP contribution in [0.4, 0.5) is 0 Å². The highest BCUT2D eigenvalue weighted by molar-refractivity contribution is 6.30. The monoisotopic (exact) mass is 426 g/mol. The number of likely N-dealkylation sites (tertiary alicyclic amines) is 1. The molecule has 2 fully saturated rings. The van der Waals surface area contributed by atoms with E-state index in [4.69, 9.17) is 26.6 Å². The smallest absolute Gasteiger partial charge is 0.242 e. The quantitative estimate of drug-likeness (QED) is 0.809. The van der Waals surface area contributed by atoms with Gasteiger partial charge in [0.25, 0.3) is 0 Å². The van der Waals surface area contributed by atoms with E-state index in [0.717, 1.165) is 18.4 Å². The molecule has 4 rings (SSSR count). The molecule has 1 atom stereocenters. The molecule has 2 aliphatic rings. The Balaban J connectivity index is 0.00000225. The molecule has 152 valence electrons. The van der Waals surface area contributed by atoms with Crippen molar-refractivity contribution in [2.24, 2.45) is 5.73 Å². The molecule has 0 bridgehead atoms. The van der Waals surface area contributed by atoms with Gasteiger partial charge in [0.2, 0.25) is 17.6 Å². The minimum absolute atomic E-state index is 0. The first-order valence-corrected chi connectivity index (χ1v) is 9.68. The number of benzene rings is 1. The van der Waals surface area contributed by atoms with E-state index in [-0.39, 0.29) is 24.2 Å². The highest BCUT2D eigenvalue weighted by atomic mass is 35.5. The molecule has 28 heavy (non-hydrogen) atoms. The first-order chi connectivity index (χ1) is 13.0. The lowest BCUT2D eigenvalue weighted by atomic mass is 9.88. The normalized spacial score (nSPS) is 21.8. The Morgan fingerprint density at radius 1 is 1.25 bits per heavy atom. The largest absolute Gasteiger partial charge is 0.381 e. The van der Waals surface area contributed by atoms with Gasteiger partial charge in [-0.1, -0.05) is 16.8 Å². The number of aromatic nitrogens is 2. The third-order valence-electron chi connectivity index (χ3n) is 5.41. The van der Waals surface area contributed by atoms with Crippen molar-refractivity contribution >= 4 is 29.9 Å². The number of piperidine rings is 1. The third-order valence-corrected chi connectivity index (χ3v) is 5.66. The molecule has 1 unspecified atom stereocenters. The van der Waals surface area contributed by atoms with Gasteiger partial charge in [-0.2, -0.15) is 4.98 Å². The zero-order chi connectivity index (χ0) is 18.9. The maximum absolute atomic E-state index is 13.0. The van der Waals surface area contributed by atoms with Crippen LogP contribution in [-0.4, -0.2) is 52.8 Å². The van der Waals surface area contributed by atoms with Crippen molar-refractivity contribution in [3.05, 3.63) is 35.2 Å². The van der Waals surface area contributed by atoms with Crippen molar-refractivity contribution in [2.75, 3.05) is 26.3 Å². The standard InChI is InChI=1S/C19H23ClN4O3.ClH/c20-15-5-3-13(4-6-15)16-22-17(27-23-16)14-2-1-9-24(12-14)18(25)19(21)7-10-26-11-8-19;/h3-6,14H,1-2,7-12,21H2;1H. The van der Waals surface area contributed by atoms with Crippen LogP contribution in [-0.2, 0) is 9.53 Å². The Bertz CT molecular complexity index is 806. The molecular formula is C19H24Cl2N4O3. The summed E-state index contributed by atoms with van der Waals surface area (Å²) in [4.78, 5) is 19.4. The summed E-state index contributed by atoms with van der Waals surface area (Å²) in [7, 11) is 0. The van der Waals surface area contributed by atoms with Crippen LogP contribution in [0, 0.1) is 0 Å². The number of rotatable bonds is 3. The highest BCUT2D eigenvalue weighted by Gasteiger charge is 2.41. The summed E-state index contributed by atoms with van der Waals surface area (Å²) < 4.78 is 10.9. The minimum Gasteiger partial charge on any atom is -0.381 e. The fourth-order valence-corrected chi connectivity index (χ4v) is 3.87. The Morgan fingerprint density at radius 2 is 1.96 bits per heavy atom. The number of ether oxygens (including phenoxy) is 1. The second-order valence-corrected chi connectivity index (χ2v) is 7.76. The fraction of sp³-hybridized carbons (Fsp3) is 0.526. The van der Waals surface area contributed by atoms with Crippen molar-refractivity contribution in [3.63, 3.8) is 0 Å². The zero-order valence-electron chi connectivity index (χ0n) is 15.5. The van der Waals surface area contributed by atoms with Gasteiger partial charge in [0.15, 0.2) is 0 Å². The van der Waals surface area contributed by atoms with E-state index in [9.17, 15) is 4.79 Å². The molecule has 0 spiro atoms. The van der Waals surface area contributed by atoms with Crippen molar-refractivity contribution in [1.82, 2.24) is 15.0 Å². The fourth-order valence-electron chi connectivity index (χ4n) is 3.74. The Hall–Kier alpha value is -1.67. The molecule has 2 aromatic rings. The number of hydrogen-bond donors (Lipinski definition) is 1. The van der Waals surface area contributed by atoms with Gasteiger partial charge in [0.1, 0.15) is 0 Å². The first-order valence-electron chi connectivity index (χ1n) is 9.31. The van der Waals surface area contributed by atoms with Gasteiger partial charge in [0, 0.05) is 36.9 Å². The summed E-state index contributed by atoms with van der Waals surface area (Å²) in [6.45, 7) is 2.34. The van der Waals surface area contributed by atoms with Crippen molar-refractivity contribution in [1.29, 1.82) is 0 Å². The average Bonchev–Trinajstić information content (AvgIpc) is 3.19. The zero-order valence-corrected chi connectivity index (χ0v) is 17.0. The van der Waals surface area contributed by atoms with Crippen molar-refractivity contribution in [3.8, 4) is 11.4 Å². The summed E-state index contributed by atoms with van der Waals surface area (Å²) in [6, 6.07) is 7.30. The van der Waals surface area contributed by atoms with Crippen LogP contribution in [0.15, 0.2) is 28.8 Å². The van der Waals surface area contributed by atoms with Crippen LogP contribution in [0.2, 0.25) is 5.02 Å². The second kappa shape index (κ2) is 8.78. The molecule has 1 amide bonds. The van der Waals surface area contributed by atoms with E-state index in [1.54, 1.807) is 12.1 Å². The van der Waals surface area contributed by atoms with Crippen LogP contribution in [0.5, 0.6) is 0 Å². The predicted octanol–water partition coefficient (Wildman–Crippen LogP) is 3.03. The molecule has 3 heterocycles. The molecule has 2 N–H and O–H groups in total. The third kappa shape index (κ3) is 4.33. The maximum Gasteiger partial charge on any atom is 0.242 e. The molecule has 0 aliphatic carbocycles. The number of carbonyl (C=O) groups excluding carboxylic acids is 1. The van der Waals surface area contributed by atoms with Crippen molar-refractivity contribution in [2.45, 2.75) is 37.1 Å². The van der Waals surface area contributed by atoms with E-state index >= 15 is 0 Å². The molecule has 0 radical (unpaired) electrons. The van der Waals surface area contributed by atoms with Gasteiger partial charge in [-0.3, -0.25) is 4.79 Å². The van der Waals surface area contributed by atoms with Gasteiger partial charge >= 0.3 is 0 Å². The highest BCUT2D eigenvalue weighted by Crippen LogP contribution is 2.30. The number of nitrogens with zero attached hydrogens (tertiary/aromatic N) is 3. The molecule has 0 saturated carbocycles. The van der Waals surface area contributed by atoms with E-state index < -0.39 is 5.54 Å². The van der Waals surface area contributed by atoms with Gasteiger partial charge in [-0.05, 0) is 49.9 Å². The van der Waals surface area contributed by atoms with Crippen LogP contribution in [0.25, 0.3) is 11.4 Å². The van der Waals surface area contributed by atoms with Crippen LogP contribution in [0.3, 0.4) is 0 Å². The van der Waals surface area contributed by atoms with E-state index in [2.05, 4.69) is 10.1 Å². The number of carbonyl (C=O) groups is 1. The summed E-state index contributed by atoms with van der Waals surface area (Å²) in [5.74, 6) is 1.13. The predicted molar refractivity (Wildman–Crippen MR) is 108 cm³/mol. The summed E-state index contributed by atoms with van der Waals surface area (Å²) in [5, 5.41) is 4.75. The Labute approximate surface area is 175 Å². The first kappa shape index (κ1) is 21.0. The van der Waals surface area contributed by atoms with E-state index in [1.165, 1.54) is 0 Å². The lowest BCUT2D eigenvalue weighted by molar-refractivity contribution is -0.142. The topological polar surface area (TPSA) is 94.5 Å². The van der Waals surface area contributed by atoms with Crippen LogP contribution in [0.1, 0.15) is 37.5 Å². The van der Waals surface area contributed by atoms with Gasteiger partial charge in [-0.25, -0.2) is 0 Å². The van der Waals surface area contributed by atoms with Gasteiger partial charge in [-0.15, -0.1) is 12.4 Å². The molecule has 2 aliphatic heterocycles. The summed E-state index contributed by atoms with van der Waals surface area (Å²) in [5.41, 5.74) is 6.41. The minimum atomic E-state index is -0.816. The number of halogens is 2. The number of nitrogens with two attached hydrogens (primary N) is 1. The number of amides is 1. The maximum atomic E-state index is 13.0. The summed E-state index contributed by atoms with van der Waals surface area (Å²) in [6.07, 6.45) is 2.93. The summed E-state index contributed by atoms with van der Waals surface area (Å²) >= 11 is 5.93. The molecule has 2 saturated heterocycles. The number of hydrogen-bond acceptors (Lipinski definition) is 6. The molecule has 9 heteroatoms. The Morgan fingerprint density at radius 3 is 2.68 bits per heavy atom. The molecule has 1 aromatic heterocycles. The second-order valence-electron chi connectivity index (χ2n) is 7.32. The molecule has 1 aromatic carbocycles.